The molecule has 0 aliphatic heterocycles. The molecule has 1 aromatic rings. The fraction of sp³-hybridized carbons (Fsp3) is 0.200. The number of benzene rings is 1. The Bertz CT molecular complexity index is 371. The van der Waals surface area contributed by atoms with Gasteiger partial charge in [-0.15, -0.1) is 0 Å². The van der Waals surface area contributed by atoms with Gasteiger partial charge in [0.25, 0.3) is 0 Å². The quantitative estimate of drug-likeness (QED) is 0.334. The van der Waals surface area contributed by atoms with E-state index in [0.717, 1.165) is 5.56 Å². The molecule has 0 saturated heterocycles. The number of nitrogens with zero attached hydrogens (tertiary/aromatic N) is 1. The van der Waals surface area contributed by atoms with Crippen molar-refractivity contribution < 1.29 is 14.7 Å². The van der Waals surface area contributed by atoms with Crippen LogP contribution in [0.2, 0.25) is 0 Å². The highest BCUT2D eigenvalue weighted by molar-refractivity contribution is 6.43. The number of esters is 1. The molecule has 1 N–H and O–H groups in total. The van der Waals surface area contributed by atoms with Gasteiger partial charge in [-0.3, -0.25) is 0 Å². The standard InChI is InChI=1S/C10H11NO3/c1-7-5-3-4-6-8(7)9(11-13)10(12)14-2/h3-6,13H,1-2H3. The van der Waals surface area contributed by atoms with E-state index in [2.05, 4.69) is 9.89 Å². The van der Waals surface area contributed by atoms with Crippen LogP contribution in [0.3, 0.4) is 0 Å². The number of oxime groups is 1. The first-order valence-electron chi connectivity index (χ1n) is 4.07. The summed E-state index contributed by atoms with van der Waals surface area (Å²) in [7, 11) is 1.24. The zero-order valence-electron chi connectivity index (χ0n) is 8.02. The topological polar surface area (TPSA) is 58.9 Å². The van der Waals surface area contributed by atoms with Gasteiger partial charge >= 0.3 is 5.97 Å². The van der Waals surface area contributed by atoms with Crippen molar-refractivity contribution in [2.24, 2.45) is 5.16 Å². The summed E-state index contributed by atoms with van der Waals surface area (Å²) in [5, 5.41) is 11.6. The average Bonchev–Trinajstić information content (AvgIpc) is 2.21. The third-order valence-corrected chi connectivity index (χ3v) is 1.88. The summed E-state index contributed by atoms with van der Waals surface area (Å²) >= 11 is 0. The number of carbonyl (C=O) groups excluding carboxylic acids is 1. The fourth-order valence-electron chi connectivity index (χ4n) is 1.14. The first-order valence-corrected chi connectivity index (χ1v) is 4.07. The summed E-state index contributed by atoms with van der Waals surface area (Å²) in [4.78, 5) is 11.2. The summed E-state index contributed by atoms with van der Waals surface area (Å²) in [6.07, 6.45) is 0. The van der Waals surface area contributed by atoms with E-state index < -0.39 is 5.97 Å². The number of rotatable bonds is 2. The maximum atomic E-state index is 11.2. The maximum absolute atomic E-state index is 11.2. The Labute approximate surface area is 81.8 Å². The lowest BCUT2D eigenvalue weighted by molar-refractivity contribution is -0.132. The first-order chi connectivity index (χ1) is 6.70. The van der Waals surface area contributed by atoms with Crippen LogP contribution in [0.5, 0.6) is 0 Å². The largest absolute Gasteiger partial charge is 0.464 e. The van der Waals surface area contributed by atoms with Crippen LogP contribution >= 0.6 is 0 Å². The highest BCUT2D eigenvalue weighted by atomic mass is 16.5. The Balaban J connectivity index is 3.15. The second kappa shape index (κ2) is 4.41. The second-order valence-electron chi connectivity index (χ2n) is 2.76. The summed E-state index contributed by atoms with van der Waals surface area (Å²) in [6, 6.07) is 7.12. The molecular formula is C10H11NO3. The molecular weight excluding hydrogens is 182 g/mol. The molecule has 0 fully saturated rings. The number of hydrogen-bond acceptors (Lipinski definition) is 4. The van der Waals surface area contributed by atoms with Gasteiger partial charge in [0.05, 0.1) is 7.11 Å². The van der Waals surface area contributed by atoms with E-state index in [-0.39, 0.29) is 5.71 Å². The highest BCUT2D eigenvalue weighted by Crippen LogP contribution is 2.09. The first kappa shape index (κ1) is 10.2. The van der Waals surface area contributed by atoms with Crippen LogP contribution in [-0.4, -0.2) is 24.0 Å². The van der Waals surface area contributed by atoms with Crippen molar-refractivity contribution in [2.75, 3.05) is 7.11 Å². The van der Waals surface area contributed by atoms with Gasteiger partial charge in [-0.05, 0) is 12.5 Å². The SMILES string of the molecule is COC(=O)C(=NO)c1ccccc1C. The average molecular weight is 193 g/mol. The molecule has 1 aromatic carbocycles. The molecule has 1 rings (SSSR count). The van der Waals surface area contributed by atoms with Gasteiger partial charge < -0.3 is 9.94 Å². The van der Waals surface area contributed by atoms with Crippen molar-refractivity contribution in [3.05, 3.63) is 35.4 Å². The predicted octanol–water partition coefficient (Wildman–Crippen LogP) is 1.35. The summed E-state index contributed by atoms with van der Waals surface area (Å²) in [5.74, 6) is -0.651. The Morgan fingerprint density at radius 2 is 2.07 bits per heavy atom. The minimum Gasteiger partial charge on any atom is -0.464 e. The lowest BCUT2D eigenvalue weighted by Crippen LogP contribution is -2.18. The third-order valence-electron chi connectivity index (χ3n) is 1.88. The third kappa shape index (κ3) is 1.90. The Morgan fingerprint density at radius 1 is 1.43 bits per heavy atom. The molecule has 0 aliphatic carbocycles. The van der Waals surface area contributed by atoms with Crippen molar-refractivity contribution in [1.29, 1.82) is 0 Å². The molecule has 0 aromatic heterocycles. The molecule has 0 bridgehead atoms. The zero-order valence-corrected chi connectivity index (χ0v) is 8.02. The molecule has 4 nitrogen and oxygen atoms in total. The number of carbonyl (C=O) groups is 1. The maximum Gasteiger partial charge on any atom is 0.360 e. The van der Waals surface area contributed by atoms with Gasteiger partial charge in [0.15, 0.2) is 5.71 Å². The van der Waals surface area contributed by atoms with Gasteiger partial charge in [-0.2, -0.15) is 0 Å². The number of methoxy groups -OCH3 is 1. The van der Waals surface area contributed by atoms with E-state index in [1.54, 1.807) is 12.1 Å². The molecule has 0 radical (unpaired) electrons. The molecule has 0 amide bonds. The summed E-state index contributed by atoms with van der Waals surface area (Å²) < 4.78 is 4.48. The number of ether oxygens (including phenoxy) is 1. The molecule has 0 atom stereocenters. The van der Waals surface area contributed by atoms with Gasteiger partial charge in [-0.25, -0.2) is 4.79 Å². The van der Waals surface area contributed by atoms with Gasteiger partial charge in [-0.1, -0.05) is 29.4 Å². The van der Waals surface area contributed by atoms with Crippen LogP contribution in [0.1, 0.15) is 11.1 Å². The van der Waals surface area contributed by atoms with Crippen molar-refractivity contribution in [3.63, 3.8) is 0 Å². The monoisotopic (exact) mass is 193 g/mol. The van der Waals surface area contributed by atoms with Crippen LogP contribution < -0.4 is 0 Å². The molecule has 4 heteroatoms. The number of aryl methyl sites for hydroxylation is 1. The van der Waals surface area contributed by atoms with Crippen molar-refractivity contribution >= 4 is 11.7 Å². The van der Waals surface area contributed by atoms with Gasteiger partial charge in [0, 0.05) is 5.56 Å². The lowest BCUT2D eigenvalue weighted by Gasteiger charge is -2.04. The van der Waals surface area contributed by atoms with E-state index >= 15 is 0 Å². The second-order valence-corrected chi connectivity index (χ2v) is 2.76. The highest BCUT2D eigenvalue weighted by Gasteiger charge is 2.16. The number of hydrogen-bond donors (Lipinski definition) is 1. The minimum absolute atomic E-state index is 0.0781. The smallest absolute Gasteiger partial charge is 0.360 e. The fourth-order valence-corrected chi connectivity index (χ4v) is 1.14. The van der Waals surface area contributed by atoms with Crippen molar-refractivity contribution in [3.8, 4) is 0 Å². The van der Waals surface area contributed by atoms with E-state index in [4.69, 9.17) is 5.21 Å². The molecule has 0 spiro atoms. The van der Waals surface area contributed by atoms with Crippen LogP contribution in [0.25, 0.3) is 0 Å². The molecule has 74 valence electrons. The predicted molar refractivity (Wildman–Crippen MR) is 51.5 cm³/mol. The normalized spacial score (nSPS) is 11.1. The van der Waals surface area contributed by atoms with E-state index in [1.807, 2.05) is 19.1 Å². The van der Waals surface area contributed by atoms with Crippen LogP contribution in [0.4, 0.5) is 0 Å². The Hall–Kier alpha value is -1.84. The van der Waals surface area contributed by atoms with E-state index in [1.165, 1.54) is 7.11 Å². The lowest BCUT2D eigenvalue weighted by atomic mass is 10.0. The van der Waals surface area contributed by atoms with Crippen LogP contribution in [-0.2, 0) is 9.53 Å². The van der Waals surface area contributed by atoms with Gasteiger partial charge in [0.1, 0.15) is 0 Å². The van der Waals surface area contributed by atoms with E-state index in [0.29, 0.717) is 5.56 Å². The molecule has 0 aliphatic rings. The molecule has 0 unspecified atom stereocenters. The molecule has 14 heavy (non-hydrogen) atoms. The molecule has 0 saturated carbocycles. The van der Waals surface area contributed by atoms with E-state index in [9.17, 15) is 4.79 Å². The Kier molecular flexibility index (Phi) is 3.23. The van der Waals surface area contributed by atoms with Crippen LogP contribution in [0, 0.1) is 6.92 Å². The zero-order chi connectivity index (χ0) is 10.6. The molecule has 0 heterocycles. The van der Waals surface area contributed by atoms with Crippen LogP contribution in [0.15, 0.2) is 29.4 Å². The summed E-state index contributed by atoms with van der Waals surface area (Å²) in [5.41, 5.74) is 1.35. The summed E-state index contributed by atoms with van der Waals surface area (Å²) in [6.45, 7) is 1.82. The van der Waals surface area contributed by atoms with Crippen molar-refractivity contribution in [2.45, 2.75) is 6.92 Å². The minimum atomic E-state index is -0.651. The van der Waals surface area contributed by atoms with Crippen molar-refractivity contribution in [1.82, 2.24) is 0 Å². The van der Waals surface area contributed by atoms with Gasteiger partial charge in [0.2, 0.25) is 0 Å². The Morgan fingerprint density at radius 3 is 2.57 bits per heavy atom.